The first-order valence-corrected chi connectivity index (χ1v) is 16.1. The molecule has 2 aromatic carbocycles. The molecule has 45 heavy (non-hydrogen) atoms. The van der Waals surface area contributed by atoms with Crippen molar-refractivity contribution in [2.24, 2.45) is 16.3 Å². The molecule has 0 unspecified atom stereocenters. The number of fused-ring (bicyclic) bond motifs is 1. The number of sulfonamides is 1. The van der Waals surface area contributed by atoms with Gasteiger partial charge in [-0.05, 0) is 92.5 Å². The standard InChI is InChI=1S/C32H35N5O7S/c1-31(2,40)18-43-22-7-9-27-26(16-35-37(27)17-22)30(39)36-21-12-32(13-21)14-23(15-32)44-28-11-20(6-8-25(28)29(33)38)19-4-3-5-24(10-19)45(34,41)42/h3-11,16-17,21,23,40H,12-15,18H2,1-2H3,(H2,33,38)(H,36,39)(H2,34,41,42). The fraction of sp³-hybridized carbons (Fsp3) is 0.344. The molecule has 0 bridgehead atoms. The number of aliphatic hydroxyl groups is 1. The summed E-state index contributed by atoms with van der Waals surface area (Å²) in [6, 6.07) is 14.7. The van der Waals surface area contributed by atoms with E-state index in [1.165, 1.54) is 18.3 Å². The van der Waals surface area contributed by atoms with Gasteiger partial charge in [0, 0.05) is 6.04 Å². The zero-order valence-electron chi connectivity index (χ0n) is 24.9. The Hall–Kier alpha value is -4.46. The molecule has 6 N–H and O–H groups in total. The smallest absolute Gasteiger partial charge is 0.255 e. The van der Waals surface area contributed by atoms with Crippen molar-refractivity contribution in [3.8, 4) is 22.6 Å². The van der Waals surface area contributed by atoms with E-state index in [4.69, 9.17) is 20.3 Å². The molecular weight excluding hydrogens is 598 g/mol. The number of nitrogens with two attached hydrogens (primary N) is 2. The summed E-state index contributed by atoms with van der Waals surface area (Å²) < 4.78 is 37.1. The number of pyridine rings is 1. The van der Waals surface area contributed by atoms with Gasteiger partial charge in [0.05, 0.1) is 45.6 Å². The number of carbonyl (C=O) groups excluding carboxylic acids is 2. The van der Waals surface area contributed by atoms with E-state index in [9.17, 15) is 23.1 Å². The molecule has 2 amide bonds. The van der Waals surface area contributed by atoms with Gasteiger partial charge < -0.3 is 25.6 Å². The van der Waals surface area contributed by atoms with Crippen LogP contribution in [0.5, 0.6) is 11.5 Å². The van der Waals surface area contributed by atoms with Crippen LogP contribution < -0.4 is 25.7 Å². The van der Waals surface area contributed by atoms with E-state index >= 15 is 0 Å². The predicted octanol–water partition coefficient (Wildman–Crippen LogP) is 3.02. The van der Waals surface area contributed by atoms with Crippen LogP contribution in [-0.4, -0.2) is 59.3 Å². The van der Waals surface area contributed by atoms with E-state index in [1.807, 2.05) is 0 Å². The van der Waals surface area contributed by atoms with Gasteiger partial charge >= 0.3 is 0 Å². The van der Waals surface area contributed by atoms with Crippen molar-refractivity contribution in [1.29, 1.82) is 0 Å². The highest BCUT2D eigenvalue weighted by Crippen LogP contribution is 2.57. The fourth-order valence-corrected chi connectivity index (χ4v) is 6.75. The minimum atomic E-state index is -3.88. The van der Waals surface area contributed by atoms with E-state index in [-0.39, 0.29) is 40.5 Å². The Morgan fingerprint density at radius 2 is 1.80 bits per heavy atom. The van der Waals surface area contributed by atoms with Crippen molar-refractivity contribution in [2.75, 3.05) is 6.61 Å². The Bertz CT molecular complexity index is 1900. The molecule has 0 aliphatic heterocycles. The van der Waals surface area contributed by atoms with Crippen LogP contribution in [0.15, 0.2) is 71.9 Å². The number of aromatic nitrogens is 2. The van der Waals surface area contributed by atoms with Gasteiger partial charge in [0.25, 0.3) is 11.8 Å². The number of rotatable bonds is 10. The Morgan fingerprint density at radius 1 is 1.07 bits per heavy atom. The van der Waals surface area contributed by atoms with Gasteiger partial charge in [0.1, 0.15) is 18.1 Å². The Balaban J connectivity index is 1.06. The van der Waals surface area contributed by atoms with Gasteiger partial charge in [-0.2, -0.15) is 5.10 Å². The van der Waals surface area contributed by atoms with Crippen LogP contribution in [0.4, 0.5) is 0 Å². The number of ether oxygens (including phenoxy) is 2. The van der Waals surface area contributed by atoms with E-state index in [2.05, 4.69) is 10.4 Å². The lowest BCUT2D eigenvalue weighted by molar-refractivity contribution is -0.0834. The number of benzene rings is 2. The van der Waals surface area contributed by atoms with E-state index in [1.54, 1.807) is 67.0 Å². The molecule has 2 aliphatic carbocycles. The third kappa shape index (κ3) is 6.51. The zero-order chi connectivity index (χ0) is 32.1. The lowest BCUT2D eigenvalue weighted by atomic mass is 9.53. The molecule has 0 saturated heterocycles. The maximum Gasteiger partial charge on any atom is 0.255 e. The Labute approximate surface area is 260 Å². The Kier molecular flexibility index (Phi) is 7.58. The molecule has 6 rings (SSSR count). The first-order chi connectivity index (χ1) is 21.2. The van der Waals surface area contributed by atoms with E-state index < -0.39 is 21.5 Å². The highest BCUT2D eigenvalue weighted by atomic mass is 32.2. The summed E-state index contributed by atoms with van der Waals surface area (Å²) in [5.41, 5.74) is 7.32. The first kappa shape index (κ1) is 30.6. The van der Waals surface area contributed by atoms with Gasteiger partial charge in [0.15, 0.2) is 0 Å². The van der Waals surface area contributed by atoms with Crippen LogP contribution >= 0.6 is 0 Å². The molecule has 4 aromatic rings. The second kappa shape index (κ2) is 11.2. The van der Waals surface area contributed by atoms with Gasteiger partial charge in [-0.1, -0.05) is 18.2 Å². The van der Waals surface area contributed by atoms with Crippen LogP contribution in [-0.2, 0) is 10.0 Å². The zero-order valence-corrected chi connectivity index (χ0v) is 25.7. The molecule has 2 heterocycles. The molecule has 0 atom stereocenters. The van der Waals surface area contributed by atoms with Gasteiger partial charge in [-0.25, -0.2) is 18.1 Å². The van der Waals surface area contributed by atoms with Crippen molar-refractivity contribution in [2.45, 2.75) is 62.2 Å². The normalized spacial score (nSPS) is 21.2. The van der Waals surface area contributed by atoms with Crippen LogP contribution in [0.3, 0.4) is 0 Å². The maximum atomic E-state index is 13.1. The highest BCUT2D eigenvalue weighted by molar-refractivity contribution is 7.89. The summed E-state index contributed by atoms with van der Waals surface area (Å²) in [4.78, 5) is 25.2. The lowest BCUT2D eigenvalue weighted by Crippen LogP contribution is -2.58. The first-order valence-electron chi connectivity index (χ1n) is 14.6. The monoisotopic (exact) mass is 633 g/mol. The largest absolute Gasteiger partial charge is 0.490 e. The van der Waals surface area contributed by atoms with Crippen LogP contribution in [0.25, 0.3) is 16.6 Å². The summed E-state index contributed by atoms with van der Waals surface area (Å²) in [5, 5.41) is 22.6. The summed E-state index contributed by atoms with van der Waals surface area (Å²) in [6.07, 6.45) is 6.25. The fourth-order valence-electron chi connectivity index (χ4n) is 6.19. The van der Waals surface area contributed by atoms with Crippen molar-refractivity contribution in [3.63, 3.8) is 0 Å². The van der Waals surface area contributed by atoms with Crippen LogP contribution in [0.2, 0.25) is 0 Å². The molecule has 2 aromatic heterocycles. The number of nitrogens with one attached hydrogen (secondary N) is 1. The van der Waals surface area contributed by atoms with Crippen molar-refractivity contribution in [3.05, 3.63) is 78.1 Å². The second-order valence-electron chi connectivity index (χ2n) is 12.7. The lowest BCUT2D eigenvalue weighted by Gasteiger charge is -2.57. The predicted molar refractivity (Wildman–Crippen MR) is 165 cm³/mol. The number of primary sulfonamides is 1. The molecule has 13 heteroatoms. The van der Waals surface area contributed by atoms with Crippen molar-refractivity contribution < 1.29 is 32.6 Å². The molecule has 12 nitrogen and oxygen atoms in total. The molecule has 1 spiro atoms. The number of amides is 2. The molecule has 0 radical (unpaired) electrons. The molecule has 236 valence electrons. The van der Waals surface area contributed by atoms with E-state index in [0.29, 0.717) is 33.7 Å². The Morgan fingerprint density at radius 3 is 2.49 bits per heavy atom. The molecular formula is C32H35N5O7S. The highest BCUT2D eigenvalue weighted by Gasteiger charge is 2.54. The quantitative estimate of drug-likeness (QED) is 0.205. The maximum absolute atomic E-state index is 13.1. The number of carbonyl (C=O) groups is 2. The third-order valence-electron chi connectivity index (χ3n) is 8.38. The van der Waals surface area contributed by atoms with Crippen LogP contribution in [0, 0.1) is 5.41 Å². The number of hydrogen-bond donors (Lipinski definition) is 4. The third-order valence-corrected chi connectivity index (χ3v) is 9.29. The van der Waals surface area contributed by atoms with Crippen LogP contribution in [0.1, 0.15) is 60.2 Å². The topological polar surface area (TPSA) is 188 Å². The summed E-state index contributed by atoms with van der Waals surface area (Å²) in [7, 11) is -3.88. The van der Waals surface area contributed by atoms with E-state index in [0.717, 1.165) is 25.7 Å². The summed E-state index contributed by atoms with van der Waals surface area (Å²) >= 11 is 0. The minimum Gasteiger partial charge on any atom is -0.490 e. The number of primary amides is 1. The van der Waals surface area contributed by atoms with Crippen molar-refractivity contribution in [1.82, 2.24) is 14.9 Å². The molecule has 2 fully saturated rings. The second-order valence-corrected chi connectivity index (χ2v) is 14.3. The SMILES string of the molecule is CC(C)(O)COc1ccc2c(C(=O)NC3CC4(C3)CC(Oc3cc(-c5cccc(S(N)(=O)=O)c5)ccc3C(N)=O)C4)cnn2c1. The minimum absolute atomic E-state index is 0.0160. The van der Waals surface area contributed by atoms with Gasteiger partial charge in [-0.15, -0.1) is 0 Å². The molecule has 2 saturated carbocycles. The van der Waals surface area contributed by atoms with Gasteiger partial charge in [0.2, 0.25) is 10.0 Å². The average Bonchev–Trinajstić information content (AvgIpc) is 3.36. The number of hydrogen-bond acceptors (Lipinski definition) is 8. The van der Waals surface area contributed by atoms with Gasteiger partial charge in [-0.3, -0.25) is 9.59 Å². The molecule has 2 aliphatic rings. The average molecular weight is 634 g/mol. The number of nitrogens with zero attached hydrogens (tertiary/aromatic N) is 2. The summed E-state index contributed by atoms with van der Waals surface area (Å²) in [6.45, 7) is 3.44. The van der Waals surface area contributed by atoms with Crippen molar-refractivity contribution >= 4 is 27.4 Å². The summed E-state index contributed by atoms with van der Waals surface area (Å²) in [5.74, 6) is 0.0532.